The summed E-state index contributed by atoms with van der Waals surface area (Å²) in [5.74, 6) is 0. The van der Waals surface area contributed by atoms with Crippen molar-refractivity contribution in [3.63, 3.8) is 0 Å². The topological polar surface area (TPSA) is 0 Å². The van der Waals surface area contributed by atoms with Gasteiger partial charge < -0.3 is 0 Å². The fourth-order valence-corrected chi connectivity index (χ4v) is 2.06. The van der Waals surface area contributed by atoms with Gasteiger partial charge in [-0.2, -0.15) is 0 Å². The Morgan fingerprint density at radius 3 is 2.24 bits per heavy atom. The first kappa shape index (κ1) is 11.7. The van der Waals surface area contributed by atoms with Crippen molar-refractivity contribution in [3.8, 4) is 11.1 Å². The third-order valence-corrected chi connectivity index (χ3v) is 3.08. The van der Waals surface area contributed by atoms with Crippen LogP contribution in [0.3, 0.4) is 0 Å². The molecule has 0 aliphatic heterocycles. The summed E-state index contributed by atoms with van der Waals surface area (Å²) in [5, 5.41) is 0. The quantitative estimate of drug-likeness (QED) is 0.670. The fraction of sp³-hybridized carbons (Fsp3) is 0.176. The highest BCUT2D eigenvalue weighted by molar-refractivity contribution is 5.72. The van der Waals surface area contributed by atoms with Crippen LogP contribution in [-0.2, 0) is 0 Å². The van der Waals surface area contributed by atoms with E-state index in [1.807, 2.05) is 0 Å². The molecule has 0 bridgehead atoms. The van der Waals surface area contributed by atoms with Crippen LogP contribution in [-0.4, -0.2) is 0 Å². The van der Waals surface area contributed by atoms with E-state index in [4.69, 9.17) is 0 Å². The minimum absolute atomic E-state index is 1.29. The minimum Gasteiger partial charge on any atom is -0.0871 e. The van der Waals surface area contributed by atoms with Gasteiger partial charge in [0.15, 0.2) is 0 Å². The molecular formula is C17H18. The molecule has 2 rings (SSSR count). The van der Waals surface area contributed by atoms with Crippen molar-refractivity contribution >= 4 is 6.08 Å². The Morgan fingerprint density at radius 2 is 1.59 bits per heavy atom. The van der Waals surface area contributed by atoms with Crippen LogP contribution in [0.2, 0.25) is 0 Å². The van der Waals surface area contributed by atoms with Crippen molar-refractivity contribution in [3.05, 3.63) is 65.2 Å². The molecule has 17 heavy (non-hydrogen) atoms. The normalized spacial score (nSPS) is 11.0. The van der Waals surface area contributed by atoms with Gasteiger partial charge >= 0.3 is 0 Å². The Bertz CT molecular complexity index is 530. The lowest BCUT2D eigenvalue weighted by atomic mass is 9.96. The molecule has 0 saturated carbocycles. The van der Waals surface area contributed by atoms with Crippen LogP contribution < -0.4 is 0 Å². The van der Waals surface area contributed by atoms with Gasteiger partial charge in [0.2, 0.25) is 0 Å². The Morgan fingerprint density at radius 1 is 0.882 bits per heavy atom. The third kappa shape index (κ3) is 2.47. The fourth-order valence-electron chi connectivity index (χ4n) is 2.06. The monoisotopic (exact) mass is 222 g/mol. The molecule has 0 radical (unpaired) electrons. The second kappa shape index (κ2) is 5.01. The van der Waals surface area contributed by atoms with Gasteiger partial charge in [-0.15, -0.1) is 0 Å². The van der Waals surface area contributed by atoms with Crippen LogP contribution >= 0.6 is 0 Å². The molecule has 0 nitrogen and oxygen atoms in total. The van der Waals surface area contributed by atoms with Crippen LogP contribution in [0, 0.1) is 13.8 Å². The minimum atomic E-state index is 1.29. The van der Waals surface area contributed by atoms with Crippen LogP contribution in [0.4, 0.5) is 0 Å². The van der Waals surface area contributed by atoms with Crippen molar-refractivity contribution < 1.29 is 0 Å². The summed E-state index contributed by atoms with van der Waals surface area (Å²) < 4.78 is 0. The number of rotatable bonds is 2. The highest BCUT2D eigenvalue weighted by atomic mass is 14.1. The van der Waals surface area contributed by atoms with Crippen LogP contribution in [0.5, 0.6) is 0 Å². The summed E-state index contributed by atoms with van der Waals surface area (Å²) in [6.45, 7) is 6.36. The van der Waals surface area contributed by atoms with E-state index in [2.05, 4.69) is 75.4 Å². The zero-order valence-corrected chi connectivity index (χ0v) is 10.7. The lowest BCUT2D eigenvalue weighted by molar-refractivity contribution is 1.41. The highest BCUT2D eigenvalue weighted by Gasteiger charge is 2.03. The first-order valence-electron chi connectivity index (χ1n) is 6.01. The third-order valence-electron chi connectivity index (χ3n) is 3.08. The molecule has 0 atom stereocenters. The average molecular weight is 222 g/mol. The maximum absolute atomic E-state index is 2.19. The Labute approximate surface area is 104 Å². The predicted molar refractivity (Wildman–Crippen MR) is 76.1 cm³/mol. The molecule has 0 saturated heterocycles. The molecule has 0 heteroatoms. The smallest absolute Gasteiger partial charge is 0.0149 e. The van der Waals surface area contributed by atoms with Gasteiger partial charge in [0, 0.05) is 0 Å². The largest absolute Gasteiger partial charge is 0.0871 e. The molecule has 0 aliphatic carbocycles. The SMILES string of the molecule is C/C=C\c1cccc(-c2ccc(C)cc2)c1C. The summed E-state index contributed by atoms with van der Waals surface area (Å²) in [4.78, 5) is 0. The van der Waals surface area contributed by atoms with E-state index in [1.54, 1.807) is 0 Å². The summed E-state index contributed by atoms with van der Waals surface area (Å²) in [6, 6.07) is 15.2. The molecule has 0 amide bonds. The maximum atomic E-state index is 2.19. The number of aryl methyl sites for hydroxylation is 1. The molecule has 0 heterocycles. The number of hydrogen-bond acceptors (Lipinski definition) is 0. The summed E-state index contributed by atoms with van der Waals surface area (Å²) in [6.07, 6.45) is 4.24. The molecule has 2 aromatic carbocycles. The van der Waals surface area contributed by atoms with Crippen LogP contribution in [0.1, 0.15) is 23.6 Å². The van der Waals surface area contributed by atoms with Crippen molar-refractivity contribution in [2.24, 2.45) is 0 Å². The lowest BCUT2D eigenvalue weighted by Crippen LogP contribution is -1.87. The van der Waals surface area contributed by atoms with Gasteiger partial charge in [0.25, 0.3) is 0 Å². The average Bonchev–Trinajstić information content (AvgIpc) is 2.34. The molecule has 86 valence electrons. The standard InChI is InChI=1S/C17H18/c1-4-6-15-7-5-8-17(14(15)3)16-11-9-13(2)10-12-16/h4-12H,1-3H3/b6-4-. The molecule has 0 unspecified atom stereocenters. The Kier molecular flexibility index (Phi) is 3.43. The van der Waals surface area contributed by atoms with Gasteiger partial charge in [-0.3, -0.25) is 0 Å². The van der Waals surface area contributed by atoms with Crippen LogP contribution in [0.25, 0.3) is 17.2 Å². The van der Waals surface area contributed by atoms with Crippen LogP contribution in [0.15, 0.2) is 48.5 Å². The maximum Gasteiger partial charge on any atom is -0.0149 e. The Hall–Kier alpha value is -1.82. The molecule has 0 spiro atoms. The molecule has 0 fully saturated rings. The van der Waals surface area contributed by atoms with E-state index in [0.29, 0.717) is 0 Å². The van der Waals surface area contributed by atoms with Crippen molar-refractivity contribution in [1.82, 2.24) is 0 Å². The number of allylic oxidation sites excluding steroid dienone is 1. The second-order valence-corrected chi connectivity index (χ2v) is 4.39. The first-order chi connectivity index (χ1) is 8.22. The van der Waals surface area contributed by atoms with E-state index < -0.39 is 0 Å². The molecule has 0 aromatic heterocycles. The zero-order chi connectivity index (χ0) is 12.3. The number of hydrogen-bond donors (Lipinski definition) is 0. The van der Waals surface area contributed by atoms with E-state index >= 15 is 0 Å². The van der Waals surface area contributed by atoms with Gasteiger partial charge in [0.1, 0.15) is 0 Å². The second-order valence-electron chi connectivity index (χ2n) is 4.39. The zero-order valence-electron chi connectivity index (χ0n) is 10.7. The van der Waals surface area contributed by atoms with Crippen molar-refractivity contribution in [2.75, 3.05) is 0 Å². The molecule has 0 aliphatic rings. The van der Waals surface area contributed by atoms with E-state index in [-0.39, 0.29) is 0 Å². The van der Waals surface area contributed by atoms with E-state index in [9.17, 15) is 0 Å². The summed E-state index contributed by atoms with van der Waals surface area (Å²) >= 11 is 0. The first-order valence-corrected chi connectivity index (χ1v) is 6.01. The summed E-state index contributed by atoms with van der Waals surface area (Å²) in [7, 11) is 0. The highest BCUT2D eigenvalue weighted by Crippen LogP contribution is 2.26. The van der Waals surface area contributed by atoms with E-state index in [1.165, 1.54) is 27.8 Å². The van der Waals surface area contributed by atoms with Gasteiger partial charge in [-0.1, -0.05) is 60.2 Å². The van der Waals surface area contributed by atoms with Gasteiger partial charge in [0.05, 0.1) is 0 Å². The molecular weight excluding hydrogens is 204 g/mol. The summed E-state index contributed by atoms with van der Waals surface area (Å²) in [5.41, 5.74) is 6.55. The van der Waals surface area contributed by atoms with Gasteiger partial charge in [-0.05, 0) is 43.0 Å². The van der Waals surface area contributed by atoms with Crippen molar-refractivity contribution in [2.45, 2.75) is 20.8 Å². The molecule has 0 N–H and O–H groups in total. The van der Waals surface area contributed by atoms with Gasteiger partial charge in [-0.25, -0.2) is 0 Å². The molecule has 2 aromatic rings. The predicted octanol–water partition coefficient (Wildman–Crippen LogP) is 5.00. The Balaban J connectivity index is 2.52. The van der Waals surface area contributed by atoms with Crippen molar-refractivity contribution in [1.29, 1.82) is 0 Å². The number of benzene rings is 2. The lowest BCUT2D eigenvalue weighted by Gasteiger charge is -2.09. The van der Waals surface area contributed by atoms with E-state index in [0.717, 1.165) is 0 Å².